The minimum atomic E-state index is -0.696. The van der Waals surface area contributed by atoms with Crippen LogP contribution >= 0.6 is 0 Å². The third-order valence-electron chi connectivity index (χ3n) is 11.1. The first kappa shape index (κ1) is 27.3. The van der Waals surface area contributed by atoms with Gasteiger partial charge in [0.25, 0.3) is 0 Å². The van der Waals surface area contributed by atoms with Crippen molar-refractivity contribution in [2.24, 2.45) is 0 Å². The lowest BCUT2D eigenvalue weighted by Crippen LogP contribution is -2.51. The van der Waals surface area contributed by atoms with Crippen LogP contribution in [0.15, 0.2) is 30.5 Å². The van der Waals surface area contributed by atoms with Gasteiger partial charge in [-0.25, -0.2) is 8.78 Å². The van der Waals surface area contributed by atoms with Gasteiger partial charge in [-0.3, -0.25) is 9.88 Å². The molecular weight excluding hydrogens is 574 g/mol. The summed E-state index contributed by atoms with van der Waals surface area (Å²) in [7, 11) is 0. The zero-order valence-electron chi connectivity index (χ0n) is 24.9. The number of benzene rings is 2. The fraction of sp³-hybridized carbons (Fsp3) is 0.457. The van der Waals surface area contributed by atoms with Crippen LogP contribution in [0.2, 0.25) is 0 Å². The maximum absolute atomic E-state index is 16.8. The number of nitrogens with one attached hydrogen (secondary N) is 1. The molecule has 0 aliphatic carbocycles. The molecular formula is C35H34F2N6O2. The number of terminal acetylenes is 1. The van der Waals surface area contributed by atoms with Gasteiger partial charge in [-0.2, -0.15) is 9.97 Å². The molecule has 0 radical (unpaired) electrons. The number of hydrogen-bond donors (Lipinski definition) is 2. The van der Waals surface area contributed by atoms with E-state index in [0.717, 1.165) is 38.8 Å². The topological polar surface area (TPSA) is 86.6 Å². The van der Waals surface area contributed by atoms with Crippen LogP contribution in [0.3, 0.4) is 0 Å². The molecule has 45 heavy (non-hydrogen) atoms. The van der Waals surface area contributed by atoms with Gasteiger partial charge in [0.1, 0.15) is 35.2 Å². The number of rotatable bonds is 5. The van der Waals surface area contributed by atoms with Crippen molar-refractivity contribution in [1.82, 2.24) is 25.2 Å². The number of aromatic nitrogens is 3. The molecule has 4 atom stereocenters. The molecule has 0 amide bonds. The fourth-order valence-corrected chi connectivity index (χ4v) is 9.21. The van der Waals surface area contributed by atoms with E-state index >= 15 is 4.39 Å². The van der Waals surface area contributed by atoms with Crippen molar-refractivity contribution >= 4 is 27.5 Å². The summed E-state index contributed by atoms with van der Waals surface area (Å²) in [5, 5.41) is 15.5. The molecule has 5 aliphatic rings. The van der Waals surface area contributed by atoms with E-state index in [0.29, 0.717) is 52.8 Å². The van der Waals surface area contributed by atoms with Crippen LogP contribution in [0.1, 0.15) is 56.9 Å². The number of hydrogen-bond acceptors (Lipinski definition) is 8. The van der Waals surface area contributed by atoms with Crippen molar-refractivity contribution in [3.05, 3.63) is 47.7 Å². The van der Waals surface area contributed by atoms with Gasteiger partial charge >= 0.3 is 6.01 Å². The number of ether oxygens (including phenoxy) is 1. The summed E-state index contributed by atoms with van der Waals surface area (Å²) in [6.45, 7) is 1.96. The van der Waals surface area contributed by atoms with Gasteiger partial charge in [0.2, 0.25) is 0 Å². The van der Waals surface area contributed by atoms with Gasteiger partial charge < -0.3 is 20.1 Å². The number of phenols is 1. The minimum Gasteiger partial charge on any atom is -0.508 e. The Morgan fingerprint density at radius 1 is 1.02 bits per heavy atom. The van der Waals surface area contributed by atoms with Crippen molar-refractivity contribution in [2.75, 3.05) is 24.6 Å². The minimum absolute atomic E-state index is 0.0154. The second-order valence-corrected chi connectivity index (χ2v) is 13.6. The SMILES string of the molecule is C#Cc1c(F)ccc2cc(O)cc(-c3ncc4c(N5CC6CCC(C5)N6)nc(OCC56CCC7CCC(CC5)N76)nc4c3F)c12. The van der Waals surface area contributed by atoms with Crippen LogP contribution in [0.4, 0.5) is 14.6 Å². The number of aromatic hydroxyl groups is 1. The Hall–Kier alpha value is -4.07. The molecule has 2 aromatic carbocycles. The van der Waals surface area contributed by atoms with Crippen LogP contribution in [-0.2, 0) is 0 Å². The highest BCUT2D eigenvalue weighted by molar-refractivity contribution is 6.03. The van der Waals surface area contributed by atoms with Crippen LogP contribution in [-0.4, -0.2) is 74.4 Å². The number of halogens is 2. The molecule has 10 heteroatoms. The lowest BCUT2D eigenvalue weighted by atomic mass is 9.95. The van der Waals surface area contributed by atoms with E-state index in [1.165, 1.54) is 49.9 Å². The van der Waals surface area contributed by atoms with Crippen LogP contribution < -0.4 is 15.0 Å². The Morgan fingerprint density at radius 3 is 2.51 bits per heavy atom. The fourth-order valence-electron chi connectivity index (χ4n) is 9.21. The van der Waals surface area contributed by atoms with Crippen molar-refractivity contribution in [2.45, 2.75) is 81.1 Å². The lowest BCUT2D eigenvalue weighted by Gasteiger charge is -2.35. The largest absolute Gasteiger partial charge is 0.508 e. The second kappa shape index (κ2) is 9.96. The monoisotopic (exact) mass is 608 g/mol. The zero-order valence-corrected chi connectivity index (χ0v) is 24.9. The van der Waals surface area contributed by atoms with Gasteiger partial charge in [-0.1, -0.05) is 12.0 Å². The molecule has 4 unspecified atom stereocenters. The average Bonchev–Trinajstić information content (AvgIpc) is 3.81. The number of nitrogens with zero attached hydrogens (tertiary/aromatic N) is 5. The first-order valence-electron chi connectivity index (χ1n) is 16.1. The quantitative estimate of drug-likeness (QED) is 0.296. The van der Waals surface area contributed by atoms with E-state index in [-0.39, 0.29) is 39.6 Å². The second-order valence-electron chi connectivity index (χ2n) is 13.6. The molecule has 5 fully saturated rings. The standard InChI is InChI=1S/C35H34F2N6O2/c1-2-25-28(36)8-3-19-13-24(44)14-26(29(19)25)31-30(37)32-27(15-38-31)33(42-16-20-4-5-21(17-42)39-20)41-34(40-32)45-18-35-11-9-22-6-7-23(10-12-35)43(22)35/h1,3,8,13-15,20-23,39,44H,4-7,9-12,16-18H2. The van der Waals surface area contributed by atoms with Crippen molar-refractivity contribution < 1.29 is 18.6 Å². The van der Waals surface area contributed by atoms with Crippen LogP contribution in [0, 0.1) is 24.0 Å². The Labute approximate surface area is 259 Å². The van der Waals surface area contributed by atoms with Crippen molar-refractivity contribution in [1.29, 1.82) is 0 Å². The highest BCUT2D eigenvalue weighted by Gasteiger charge is 2.56. The molecule has 9 rings (SSSR count). The Kier molecular flexibility index (Phi) is 6.04. The molecule has 2 bridgehead atoms. The highest BCUT2D eigenvalue weighted by atomic mass is 19.1. The molecule has 0 spiro atoms. The molecule has 2 N–H and O–H groups in total. The Bertz CT molecular complexity index is 1900. The van der Waals surface area contributed by atoms with E-state index in [2.05, 4.69) is 31.0 Å². The third kappa shape index (κ3) is 4.13. The number of pyridine rings is 1. The van der Waals surface area contributed by atoms with Crippen LogP contribution in [0.25, 0.3) is 32.9 Å². The maximum atomic E-state index is 16.8. The molecule has 7 heterocycles. The summed E-state index contributed by atoms with van der Waals surface area (Å²) in [5.41, 5.74) is 0.166. The Balaban J connectivity index is 1.18. The van der Waals surface area contributed by atoms with Gasteiger partial charge in [-0.05, 0) is 75.0 Å². The first-order valence-corrected chi connectivity index (χ1v) is 16.1. The summed E-state index contributed by atoms with van der Waals surface area (Å²) >= 11 is 0. The van der Waals surface area contributed by atoms with E-state index in [4.69, 9.17) is 16.1 Å². The van der Waals surface area contributed by atoms with Crippen molar-refractivity contribution in [3.63, 3.8) is 0 Å². The third-order valence-corrected chi connectivity index (χ3v) is 11.1. The number of phenolic OH excluding ortho intramolecular Hbond substituents is 1. The molecule has 5 aliphatic heterocycles. The Morgan fingerprint density at radius 2 is 1.78 bits per heavy atom. The van der Waals surface area contributed by atoms with Gasteiger partial charge in [0.15, 0.2) is 5.82 Å². The molecule has 8 nitrogen and oxygen atoms in total. The highest BCUT2D eigenvalue weighted by Crippen LogP contribution is 2.52. The molecule has 5 saturated heterocycles. The van der Waals surface area contributed by atoms with E-state index < -0.39 is 11.6 Å². The summed E-state index contributed by atoms with van der Waals surface area (Å²) < 4.78 is 38.1. The van der Waals surface area contributed by atoms with Gasteiger partial charge in [0.05, 0.1) is 16.5 Å². The van der Waals surface area contributed by atoms with Gasteiger partial charge in [0, 0.05) is 54.4 Å². The predicted molar refractivity (Wildman–Crippen MR) is 167 cm³/mol. The molecule has 230 valence electrons. The van der Waals surface area contributed by atoms with Crippen LogP contribution in [0.5, 0.6) is 11.8 Å². The maximum Gasteiger partial charge on any atom is 0.319 e. The normalized spacial score (nSPS) is 28.7. The van der Waals surface area contributed by atoms with E-state index in [1.807, 2.05) is 0 Å². The summed E-state index contributed by atoms with van der Waals surface area (Å²) in [5.74, 6) is 1.60. The van der Waals surface area contributed by atoms with Crippen molar-refractivity contribution in [3.8, 4) is 35.4 Å². The van der Waals surface area contributed by atoms with E-state index in [9.17, 15) is 9.50 Å². The molecule has 4 aromatic rings. The average molecular weight is 609 g/mol. The summed E-state index contributed by atoms with van der Waals surface area (Å²) in [6.07, 6.45) is 16.5. The zero-order chi connectivity index (χ0) is 30.4. The lowest BCUT2D eigenvalue weighted by molar-refractivity contribution is 0.0816. The first-order chi connectivity index (χ1) is 21.9. The smallest absolute Gasteiger partial charge is 0.319 e. The molecule has 2 aromatic heterocycles. The number of fused-ring (bicyclic) bond motifs is 4. The van der Waals surface area contributed by atoms with Gasteiger partial charge in [-0.15, -0.1) is 6.42 Å². The summed E-state index contributed by atoms with van der Waals surface area (Å²) in [6, 6.07) is 7.69. The van der Waals surface area contributed by atoms with E-state index in [1.54, 1.807) is 6.20 Å². The summed E-state index contributed by atoms with van der Waals surface area (Å²) in [4.78, 5) is 19.0. The molecule has 0 saturated carbocycles. The number of piperazine rings is 1. The predicted octanol–water partition coefficient (Wildman–Crippen LogP) is 5.29. The number of anilines is 1.